The summed E-state index contributed by atoms with van der Waals surface area (Å²) in [4.78, 5) is 30.7. The van der Waals surface area contributed by atoms with Gasteiger partial charge in [0.05, 0.1) is 6.54 Å². The van der Waals surface area contributed by atoms with E-state index < -0.39 is 0 Å². The number of piperazine rings is 1. The predicted molar refractivity (Wildman–Crippen MR) is 110 cm³/mol. The first-order valence-corrected chi connectivity index (χ1v) is 9.52. The lowest BCUT2D eigenvalue weighted by Gasteiger charge is -2.37. The third-order valence-corrected chi connectivity index (χ3v) is 5.42. The van der Waals surface area contributed by atoms with Crippen molar-refractivity contribution in [2.24, 2.45) is 0 Å². The molecule has 2 fully saturated rings. The molecule has 0 atom stereocenters. The summed E-state index contributed by atoms with van der Waals surface area (Å²) in [7, 11) is 3.87. The molecule has 1 aliphatic heterocycles. The topological polar surface area (TPSA) is 55.9 Å². The highest BCUT2D eigenvalue weighted by molar-refractivity contribution is 5.85. The molecule has 0 unspecified atom stereocenters. The minimum atomic E-state index is 0. The summed E-state index contributed by atoms with van der Waals surface area (Å²) in [5.41, 5.74) is 0. The highest BCUT2D eigenvalue weighted by atomic mass is 35.5. The summed E-state index contributed by atoms with van der Waals surface area (Å²) in [5, 5.41) is 3.07. The standard InChI is InChI=1S/C18H34N4O2.2ClH/c1-19-10-6-9-17(23)22-13-11-21(12-14-22)15-18(24)20(2)16-7-4-3-5-8-16;;/h16,19H,3-15H2,1-2H3;2*1H. The first-order valence-electron chi connectivity index (χ1n) is 9.52. The van der Waals surface area contributed by atoms with Crippen molar-refractivity contribution in [3.63, 3.8) is 0 Å². The molecule has 0 aromatic carbocycles. The van der Waals surface area contributed by atoms with E-state index in [2.05, 4.69) is 10.2 Å². The van der Waals surface area contributed by atoms with Gasteiger partial charge in [-0.2, -0.15) is 0 Å². The minimum absolute atomic E-state index is 0. The van der Waals surface area contributed by atoms with E-state index in [9.17, 15) is 9.59 Å². The third-order valence-electron chi connectivity index (χ3n) is 5.42. The molecular weight excluding hydrogens is 375 g/mol. The fourth-order valence-electron chi connectivity index (χ4n) is 3.70. The SMILES string of the molecule is CNCCCC(=O)N1CCN(CC(=O)N(C)C2CCCCC2)CC1.Cl.Cl. The molecule has 26 heavy (non-hydrogen) atoms. The quantitative estimate of drug-likeness (QED) is 0.649. The monoisotopic (exact) mass is 410 g/mol. The number of rotatable bonds is 7. The number of likely N-dealkylation sites (N-methyl/N-ethyl adjacent to an activating group) is 1. The fraction of sp³-hybridized carbons (Fsp3) is 0.889. The maximum absolute atomic E-state index is 12.5. The van der Waals surface area contributed by atoms with E-state index in [1.807, 2.05) is 23.9 Å². The van der Waals surface area contributed by atoms with Crippen LogP contribution in [0.2, 0.25) is 0 Å². The van der Waals surface area contributed by atoms with Gasteiger partial charge in [-0.3, -0.25) is 14.5 Å². The van der Waals surface area contributed by atoms with Gasteiger partial charge in [0.15, 0.2) is 0 Å². The number of carbonyl (C=O) groups is 2. The average Bonchev–Trinajstić information content (AvgIpc) is 2.62. The number of nitrogens with zero attached hydrogens (tertiary/aromatic N) is 3. The molecule has 8 heteroatoms. The summed E-state index contributed by atoms with van der Waals surface area (Å²) >= 11 is 0. The van der Waals surface area contributed by atoms with E-state index in [1.165, 1.54) is 19.3 Å². The van der Waals surface area contributed by atoms with Crippen LogP contribution in [0.5, 0.6) is 0 Å². The smallest absolute Gasteiger partial charge is 0.236 e. The van der Waals surface area contributed by atoms with Crippen molar-refractivity contribution in [2.75, 3.05) is 53.4 Å². The molecule has 154 valence electrons. The second-order valence-corrected chi connectivity index (χ2v) is 7.16. The highest BCUT2D eigenvalue weighted by Crippen LogP contribution is 2.21. The van der Waals surface area contributed by atoms with Crippen LogP contribution in [-0.4, -0.2) is 85.9 Å². The van der Waals surface area contributed by atoms with E-state index in [1.54, 1.807) is 0 Å². The van der Waals surface area contributed by atoms with Crippen molar-refractivity contribution in [1.29, 1.82) is 0 Å². The van der Waals surface area contributed by atoms with Crippen LogP contribution in [0.25, 0.3) is 0 Å². The van der Waals surface area contributed by atoms with Crippen molar-refractivity contribution in [1.82, 2.24) is 20.0 Å². The third kappa shape index (κ3) is 7.99. The lowest BCUT2D eigenvalue weighted by atomic mass is 9.94. The molecule has 2 amide bonds. The molecule has 0 bridgehead atoms. The zero-order valence-electron chi connectivity index (χ0n) is 16.2. The maximum Gasteiger partial charge on any atom is 0.236 e. The van der Waals surface area contributed by atoms with Crippen LogP contribution in [0.1, 0.15) is 44.9 Å². The molecule has 2 rings (SSSR count). The molecule has 1 saturated carbocycles. The molecule has 1 heterocycles. The van der Waals surface area contributed by atoms with Crippen molar-refractivity contribution in [3.8, 4) is 0 Å². The van der Waals surface area contributed by atoms with Gasteiger partial charge >= 0.3 is 0 Å². The van der Waals surface area contributed by atoms with Crippen LogP contribution in [0.3, 0.4) is 0 Å². The Morgan fingerprint density at radius 2 is 1.65 bits per heavy atom. The van der Waals surface area contributed by atoms with Crippen LogP contribution < -0.4 is 5.32 Å². The van der Waals surface area contributed by atoms with Crippen molar-refractivity contribution >= 4 is 36.6 Å². The number of hydrogen-bond acceptors (Lipinski definition) is 4. The van der Waals surface area contributed by atoms with Crippen LogP contribution >= 0.6 is 24.8 Å². The van der Waals surface area contributed by atoms with Crippen molar-refractivity contribution < 1.29 is 9.59 Å². The number of hydrogen-bond donors (Lipinski definition) is 1. The Morgan fingerprint density at radius 1 is 1.04 bits per heavy atom. The molecule has 0 aromatic rings. The molecular formula is C18H36Cl2N4O2. The lowest BCUT2D eigenvalue weighted by molar-refractivity contribution is -0.136. The summed E-state index contributed by atoms with van der Waals surface area (Å²) in [6, 6.07) is 0.432. The summed E-state index contributed by atoms with van der Waals surface area (Å²) < 4.78 is 0. The maximum atomic E-state index is 12.5. The van der Waals surface area contributed by atoms with Crippen LogP contribution in [0, 0.1) is 0 Å². The van der Waals surface area contributed by atoms with Gasteiger partial charge in [0.2, 0.25) is 11.8 Å². The molecule has 1 N–H and O–H groups in total. The van der Waals surface area contributed by atoms with Gasteiger partial charge in [0.1, 0.15) is 0 Å². The Hall–Kier alpha value is -0.560. The van der Waals surface area contributed by atoms with E-state index in [-0.39, 0.29) is 36.6 Å². The van der Waals surface area contributed by atoms with Crippen molar-refractivity contribution in [2.45, 2.75) is 51.0 Å². The zero-order valence-corrected chi connectivity index (χ0v) is 17.9. The van der Waals surface area contributed by atoms with Crippen LogP contribution in [0.4, 0.5) is 0 Å². The van der Waals surface area contributed by atoms with Crippen LogP contribution in [-0.2, 0) is 9.59 Å². The van der Waals surface area contributed by atoms with Gasteiger partial charge in [-0.05, 0) is 32.9 Å². The molecule has 0 spiro atoms. The van der Waals surface area contributed by atoms with Gasteiger partial charge in [-0.1, -0.05) is 19.3 Å². The Bertz CT molecular complexity index is 412. The first kappa shape index (κ1) is 25.4. The Balaban J connectivity index is 0.00000312. The Kier molecular flexibility index (Phi) is 13.3. The summed E-state index contributed by atoms with van der Waals surface area (Å²) in [5.74, 6) is 0.478. The average molecular weight is 411 g/mol. The fourth-order valence-corrected chi connectivity index (χ4v) is 3.70. The van der Waals surface area contributed by atoms with Gasteiger partial charge in [-0.15, -0.1) is 24.8 Å². The molecule has 1 aliphatic carbocycles. The second-order valence-electron chi connectivity index (χ2n) is 7.16. The molecule has 2 aliphatic rings. The second kappa shape index (κ2) is 13.6. The van der Waals surface area contributed by atoms with E-state index >= 15 is 0 Å². The number of halogens is 2. The molecule has 1 saturated heterocycles. The van der Waals surface area contributed by atoms with Gasteiger partial charge in [-0.25, -0.2) is 0 Å². The van der Waals surface area contributed by atoms with Gasteiger partial charge in [0.25, 0.3) is 0 Å². The minimum Gasteiger partial charge on any atom is -0.342 e. The number of nitrogens with one attached hydrogen (secondary N) is 1. The number of amides is 2. The highest BCUT2D eigenvalue weighted by Gasteiger charge is 2.26. The first-order chi connectivity index (χ1) is 11.6. The van der Waals surface area contributed by atoms with E-state index in [4.69, 9.17) is 0 Å². The largest absolute Gasteiger partial charge is 0.342 e. The normalized spacial score (nSPS) is 18.6. The van der Waals surface area contributed by atoms with E-state index in [0.717, 1.165) is 52.0 Å². The zero-order chi connectivity index (χ0) is 17.4. The van der Waals surface area contributed by atoms with Crippen molar-refractivity contribution in [3.05, 3.63) is 0 Å². The van der Waals surface area contributed by atoms with E-state index in [0.29, 0.717) is 19.0 Å². The summed E-state index contributed by atoms with van der Waals surface area (Å²) in [6.45, 7) is 4.49. The Morgan fingerprint density at radius 3 is 2.23 bits per heavy atom. The van der Waals surface area contributed by atoms with Gasteiger partial charge in [0, 0.05) is 45.7 Å². The lowest BCUT2D eigenvalue weighted by Crippen LogP contribution is -2.52. The van der Waals surface area contributed by atoms with Crippen LogP contribution in [0.15, 0.2) is 0 Å². The predicted octanol–water partition coefficient (Wildman–Crippen LogP) is 1.76. The number of carbonyl (C=O) groups excluding carboxylic acids is 2. The molecule has 0 aromatic heterocycles. The Labute approximate surface area is 170 Å². The van der Waals surface area contributed by atoms with Gasteiger partial charge < -0.3 is 15.1 Å². The summed E-state index contributed by atoms with van der Waals surface area (Å²) in [6.07, 6.45) is 7.61. The molecule has 6 nitrogen and oxygen atoms in total. The molecule has 0 radical (unpaired) electrons.